The van der Waals surface area contributed by atoms with Crippen LogP contribution in [0, 0.1) is 5.82 Å². The quantitative estimate of drug-likeness (QED) is 0.794. The number of likely N-dealkylation sites (tertiary alicyclic amines) is 1. The summed E-state index contributed by atoms with van der Waals surface area (Å²) in [5, 5.41) is 12.4. The van der Waals surface area contributed by atoms with Crippen LogP contribution in [-0.4, -0.2) is 59.1 Å². The van der Waals surface area contributed by atoms with Gasteiger partial charge in [0.15, 0.2) is 0 Å². The maximum absolute atomic E-state index is 13.4. The lowest BCUT2D eigenvalue weighted by Crippen LogP contribution is -2.39. The number of rotatable bonds is 4. The first kappa shape index (κ1) is 14.9. The predicted octanol–water partition coefficient (Wildman–Crippen LogP) is 0.485. The Morgan fingerprint density at radius 2 is 2.14 bits per heavy atom. The van der Waals surface area contributed by atoms with Crippen molar-refractivity contribution in [1.29, 1.82) is 0 Å². The Kier molecular flexibility index (Phi) is 4.08. The number of amides is 3. The third kappa shape index (κ3) is 2.95. The van der Waals surface area contributed by atoms with Crippen LogP contribution >= 0.6 is 0 Å². The summed E-state index contributed by atoms with van der Waals surface area (Å²) in [5.41, 5.74) is 0.800. The topological polar surface area (TPSA) is 72.9 Å². The number of aliphatic hydroxyl groups excluding tert-OH is 1. The summed E-state index contributed by atoms with van der Waals surface area (Å²) in [7, 11) is 0. The maximum Gasteiger partial charge on any atom is 0.324 e. The zero-order chi connectivity index (χ0) is 15.7. The highest BCUT2D eigenvalue weighted by atomic mass is 19.1. The van der Waals surface area contributed by atoms with Crippen molar-refractivity contribution in [1.82, 2.24) is 15.1 Å². The number of halogens is 1. The molecule has 3 rings (SSSR count). The molecule has 2 fully saturated rings. The van der Waals surface area contributed by atoms with Crippen LogP contribution in [0.25, 0.3) is 0 Å². The van der Waals surface area contributed by atoms with Gasteiger partial charge in [-0.05, 0) is 24.1 Å². The van der Waals surface area contributed by atoms with Gasteiger partial charge in [-0.15, -0.1) is 0 Å². The Bertz CT molecular complexity index is 579. The molecule has 0 radical (unpaired) electrons. The van der Waals surface area contributed by atoms with E-state index in [2.05, 4.69) is 5.32 Å². The number of hydrogen-bond acceptors (Lipinski definition) is 4. The molecule has 2 heterocycles. The summed E-state index contributed by atoms with van der Waals surface area (Å²) >= 11 is 0. The zero-order valence-corrected chi connectivity index (χ0v) is 12.0. The summed E-state index contributed by atoms with van der Waals surface area (Å²) < 4.78 is 13.4. The van der Waals surface area contributed by atoms with Crippen LogP contribution in [0.4, 0.5) is 9.18 Å². The largest absolute Gasteiger partial charge is 0.392 e. The van der Waals surface area contributed by atoms with Crippen LogP contribution in [-0.2, 0) is 4.79 Å². The second-order valence-corrected chi connectivity index (χ2v) is 5.66. The fourth-order valence-electron chi connectivity index (χ4n) is 3.10. The third-order valence-corrected chi connectivity index (χ3v) is 4.16. The summed E-state index contributed by atoms with van der Waals surface area (Å²) in [5.74, 6) is -0.556. The van der Waals surface area contributed by atoms with Gasteiger partial charge in [-0.3, -0.25) is 14.6 Å². The third-order valence-electron chi connectivity index (χ3n) is 4.16. The molecule has 2 saturated heterocycles. The lowest BCUT2D eigenvalue weighted by Gasteiger charge is -2.26. The molecule has 0 spiro atoms. The Balaban J connectivity index is 1.69. The van der Waals surface area contributed by atoms with Crippen LogP contribution in [0.3, 0.4) is 0 Å². The van der Waals surface area contributed by atoms with Crippen LogP contribution in [0.15, 0.2) is 24.3 Å². The van der Waals surface area contributed by atoms with E-state index in [1.807, 2.05) is 11.0 Å². The van der Waals surface area contributed by atoms with Gasteiger partial charge in [0.25, 0.3) is 0 Å². The number of nitrogens with one attached hydrogen (secondary N) is 1. The van der Waals surface area contributed by atoms with E-state index in [0.717, 1.165) is 5.56 Å². The number of carbonyl (C=O) groups is 2. The van der Waals surface area contributed by atoms with E-state index in [4.69, 9.17) is 0 Å². The van der Waals surface area contributed by atoms with E-state index in [0.29, 0.717) is 19.5 Å². The number of aliphatic hydroxyl groups is 1. The van der Waals surface area contributed by atoms with Crippen molar-refractivity contribution in [2.45, 2.75) is 18.6 Å². The van der Waals surface area contributed by atoms with Crippen LogP contribution in [0.1, 0.15) is 18.0 Å². The molecule has 22 heavy (non-hydrogen) atoms. The standard InChI is InChI=1S/C15H18FN3O3/c16-11-3-1-2-10(6-11)13-7-12(20)9-18(13)4-5-19-14(21)8-17-15(19)22/h1-3,6,12-13,20H,4-5,7-9H2,(H,17,22)/t12-,13+/m1/s1. The van der Waals surface area contributed by atoms with Gasteiger partial charge < -0.3 is 10.4 Å². The predicted molar refractivity (Wildman–Crippen MR) is 76.4 cm³/mol. The van der Waals surface area contributed by atoms with Crippen molar-refractivity contribution >= 4 is 11.9 Å². The second kappa shape index (κ2) is 6.02. The first-order valence-electron chi connectivity index (χ1n) is 7.30. The molecule has 1 aromatic rings. The molecule has 2 aliphatic heterocycles. The summed E-state index contributed by atoms with van der Waals surface area (Å²) in [4.78, 5) is 26.3. The van der Waals surface area contributed by atoms with Gasteiger partial charge in [0.1, 0.15) is 5.82 Å². The highest BCUT2D eigenvalue weighted by molar-refractivity contribution is 6.01. The molecular weight excluding hydrogens is 289 g/mol. The molecule has 3 amide bonds. The maximum atomic E-state index is 13.4. The van der Waals surface area contributed by atoms with Crippen molar-refractivity contribution < 1.29 is 19.1 Å². The molecule has 0 aromatic heterocycles. The van der Waals surface area contributed by atoms with Gasteiger partial charge in [-0.2, -0.15) is 0 Å². The van der Waals surface area contributed by atoms with Crippen molar-refractivity contribution in [3.05, 3.63) is 35.6 Å². The molecule has 0 aliphatic carbocycles. The Hall–Kier alpha value is -1.99. The monoisotopic (exact) mass is 307 g/mol. The van der Waals surface area contributed by atoms with Crippen molar-refractivity contribution in [2.24, 2.45) is 0 Å². The van der Waals surface area contributed by atoms with Gasteiger partial charge in [0.2, 0.25) is 5.91 Å². The minimum absolute atomic E-state index is 0.0365. The Labute approximate surface area is 127 Å². The number of benzene rings is 1. The minimum Gasteiger partial charge on any atom is -0.392 e. The van der Waals surface area contributed by atoms with E-state index < -0.39 is 6.10 Å². The van der Waals surface area contributed by atoms with Crippen LogP contribution < -0.4 is 5.32 Å². The van der Waals surface area contributed by atoms with Crippen LogP contribution in [0.2, 0.25) is 0 Å². The number of urea groups is 1. The highest BCUT2D eigenvalue weighted by Crippen LogP contribution is 2.32. The molecule has 1 aromatic carbocycles. The lowest BCUT2D eigenvalue weighted by atomic mass is 10.0. The first-order chi connectivity index (χ1) is 10.5. The smallest absolute Gasteiger partial charge is 0.324 e. The van der Waals surface area contributed by atoms with E-state index in [1.165, 1.54) is 17.0 Å². The number of hydrogen-bond donors (Lipinski definition) is 2. The Morgan fingerprint density at radius 3 is 2.82 bits per heavy atom. The average molecular weight is 307 g/mol. The minimum atomic E-state index is -0.489. The summed E-state index contributed by atoms with van der Waals surface area (Å²) in [6, 6.07) is 5.83. The fraction of sp³-hybridized carbons (Fsp3) is 0.467. The first-order valence-corrected chi connectivity index (χ1v) is 7.30. The van der Waals surface area contributed by atoms with Crippen LogP contribution in [0.5, 0.6) is 0 Å². The van der Waals surface area contributed by atoms with E-state index in [9.17, 15) is 19.1 Å². The molecule has 6 nitrogen and oxygen atoms in total. The van der Waals surface area contributed by atoms with Crippen molar-refractivity contribution in [3.63, 3.8) is 0 Å². The summed E-state index contributed by atoms with van der Waals surface area (Å²) in [6.45, 7) is 1.21. The molecular formula is C15H18FN3O3. The van der Waals surface area contributed by atoms with E-state index in [1.54, 1.807) is 6.07 Å². The van der Waals surface area contributed by atoms with Gasteiger partial charge in [-0.1, -0.05) is 12.1 Å². The number of β-amino-alcohol motifs (C(OH)–C–C–N with tert-alkyl or cyclic N) is 1. The summed E-state index contributed by atoms with van der Waals surface area (Å²) in [6.07, 6.45) is 0.0280. The zero-order valence-electron chi connectivity index (χ0n) is 12.0. The van der Waals surface area contributed by atoms with E-state index in [-0.39, 0.29) is 36.9 Å². The Morgan fingerprint density at radius 1 is 1.32 bits per heavy atom. The normalized spacial score (nSPS) is 25.8. The molecule has 0 unspecified atom stereocenters. The highest BCUT2D eigenvalue weighted by Gasteiger charge is 2.34. The lowest BCUT2D eigenvalue weighted by molar-refractivity contribution is -0.125. The van der Waals surface area contributed by atoms with Gasteiger partial charge in [0.05, 0.1) is 12.6 Å². The van der Waals surface area contributed by atoms with Gasteiger partial charge in [0, 0.05) is 25.7 Å². The second-order valence-electron chi connectivity index (χ2n) is 5.66. The number of nitrogens with zero attached hydrogens (tertiary/aromatic N) is 2. The molecule has 118 valence electrons. The molecule has 7 heteroatoms. The average Bonchev–Trinajstić information content (AvgIpc) is 3.00. The molecule has 0 saturated carbocycles. The van der Waals surface area contributed by atoms with Gasteiger partial charge >= 0.3 is 6.03 Å². The van der Waals surface area contributed by atoms with Crippen molar-refractivity contribution in [2.75, 3.05) is 26.2 Å². The van der Waals surface area contributed by atoms with Gasteiger partial charge in [-0.25, -0.2) is 9.18 Å². The molecule has 0 bridgehead atoms. The van der Waals surface area contributed by atoms with E-state index >= 15 is 0 Å². The number of imide groups is 1. The number of carbonyl (C=O) groups excluding carboxylic acids is 2. The molecule has 2 N–H and O–H groups in total. The fourth-order valence-corrected chi connectivity index (χ4v) is 3.10. The molecule has 2 atom stereocenters. The SMILES string of the molecule is O=C1CNC(=O)N1CCN1C[C@H](O)C[C@H]1c1cccc(F)c1. The van der Waals surface area contributed by atoms with Crippen molar-refractivity contribution in [3.8, 4) is 0 Å². The molecule has 2 aliphatic rings.